The van der Waals surface area contributed by atoms with E-state index < -0.39 is 23.5 Å². The van der Waals surface area contributed by atoms with E-state index in [0.717, 1.165) is 27.4 Å². The Morgan fingerprint density at radius 2 is 1.72 bits per heavy atom. The second-order valence-corrected chi connectivity index (χ2v) is 9.35. The van der Waals surface area contributed by atoms with Crippen molar-refractivity contribution >= 4 is 39.2 Å². The van der Waals surface area contributed by atoms with E-state index in [4.69, 9.17) is 4.42 Å². The summed E-state index contributed by atoms with van der Waals surface area (Å²) in [6, 6.07) is 23.5. The number of anilines is 1. The maximum absolute atomic E-state index is 13.8. The van der Waals surface area contributed by atoms with Crippen LogP contribution in [0.15, 0.2) is 101 Å². The number of nitrogens with zero attached hydrogens (tertiary/aromatic N) is 1. The van der Waals surface area contributed by atoms with Crippen LogP contribution in [0.4, 0.5) is 5.69 Å². The van der Waals surface area contributed by atoms with Gasteiger partial charge in [-0.2, -0.15) is 0 Å². The maximum Gasteiger partial charge on any atom is 0.294 e. The number of aliphatic hydroxyl groups excluding tert-OH is 1. The standard InChI is InChI=1S/C30H24N2O4/c1-17(2)18-11-13-20(14-12-18)32-27(22-16-31-23-9-5-4-8-21(22)23)26(29(34)30(32)35)28(33)25-15-19-7-3-6-10-24(19)36-25/h3-17,27,31,34H,1-2H3. The van der Waals surface area contributed by atoms with Crippen LogP contribution in [-0.2, 0) is 4.79 Å². The van der Waals surface area contributed by atoms with Gasteiger partial charge < -0.3 is 14.5 Å². The lowest BCUT2D eigenvalue weighted by Crippen LogP contribution is -2.31. The minimum Gasteiger partial charge on any atom is -0.503 e. The summed E-state index contributed by atoms with van der Waals surface area (Å²) >= 11 is 0. The predicted molar refractivity (Wildman–Crippen MR) is 139 cm³/mol. The third-order valence-electron chi connectivity index (χ3n) is 6.86. The number of hydrogen-bond donors (Lipinski definition) is 2. The fourth-order valence-electron chi connectivity index (χ4n) is 4.96. The first-order chi connectivity index (χ1) is 17.4. The number of Topliss-reactive ketones (excluding diaryl/α,β-unsaturated/α-hetero) is 1. The highest BCUT2D eigenvalue weighted by molar-refractivity contribution is 6.21. The molecule has 0 saturated carbocycles. The molecule has 0 radical (unpaired) electrons. The van der Waals surface area contributed by atoms with Gasteiger partial charge in [0.2, 0.25) is 5.78 Å². The van der Waals surface area contributed by atoms with Crippen molar-refractivity contribution in [3.05, 3.63) is 113 Å². The number of para-hydroxylation sites is 2. The summed E-state index contributed by atoms with van der Waals surface area (Å²) in [5.41, 5.74) is 3.88. The average Bonchev–Trinajstić information content (AvgIpc) is 3.58. The predicted octanol–water partition coefficient (Wildman–Crippen LogP) is 6.82. The number of amides is 1. The van der Waals surface area contributed by atoms with Crippen molar-refractivity contribution in [3.8, 4) is 0 Å². The van der Waals surface area contributed by atoms with Gasteiger partial charge in [0, 0.05) is 33.7 Å². The summed E-state index contributed by atoms with van der Waals surface area (Å²) in [5.74, 6) is -1.30. The van der Waals surface area contributed by atoms with E-state index in [-0.39, 0.29) is 11.3 Å². The minimum absolute atomic E-state index is 0.00301. The molecule has 3 heterocycles. The molecule has 178 valence electrons. The van der Waals surface area contributed by atoms with Gasteiger partial charge in [-0.3, -0.25) is 14.5 Å². The topological polar surface area (TPSA) is 86.5 Å². The molecule has 6 rings (SSSR count). The fraction of sp³-hybridized carbons (Fsp3) is 0.133. The molecule has 0 spiro atoms. The summed E-state index contributed by atoms with van der Waals surface area (Å²) in [4.78, 5) is 32.1. The number of furan rings is 1. The van der Waals surface area contributed by atoms with Crippen molar-refractivity contribution in [2.75, 3.05) is 4.90 Å². The van der Waals surface area contributed by atoms with Crippen LogP contribution in [0.2, 0.25) is 0 Å². The SMILES string of the molecule is CC(C)c1ccc(N2C(=O)C(O)=C(C(=O)c3cc4ccccc4o3)C2c2c[nH]c3ccccc23)cc1. The molecule has 0 fully saturated rings. The van der Waals surface area contributed by atoms with Gasteiger partial charge in [-0.25, -0.2) is 0 Å². The number of fused-ring (bicyclic) bond motifs is 2. The van der Waals surface area contributed by atoms with Crippen molar-refractivity contribution in [1.82, 2.24) is 4.98 Å². The Bertz CT molecular complexity index is 1640. The second kappa shape index (κ2) is 8.27. The normalized spacial score (nSPS) is 16.1. The first kappa shape index (κ1) is 21.9. The summed E-state index contributed by atoms with van der Waals surface area (Å²) in [7, 11) is 0. The van der Waals surface area contributed by atoms with Gasteiger partial charge in [0.1, 0.15) is 5.58 Å². The van der Waals surface area contributed by atoms with Crippen LogP contribution >= 0.6 is 0 Å². The molecule has 1 atom stereocenters. The number of ketones is 1. The summed E-state index contributed by atoms with van der Waals surface area (Å²) in [6.07, 6.45) is 1.79. The van der Waals surface area contributed by atoms with Crippen LogP contribution in [0.25, 0.3) is 21.9 Å². The van der Waals surface area contributed by atoms with Crippen LogP contribution in [0.3, 0.4) is 0 Å². The van der Waals surface area contributed by atoms with E-state index in [9.17, 15) is 14.7 Å². The Hall–Kier alpha value is -4.58. The number of H-pyrrole nitrogens is 1. The molecule has 3 aromatic carbocycles. The third-order valence-corrected chi connectivity index (χ3v) is 6.86. The van der Waals surface area contributed by atoms with Crippen LogP contribution < -0.4 is 4.90 Å². The van der Waals surface area contributed by atoms with Gasteiger partial charge in [0.15, 0.2) is 11.5 Å². The van der Waals surface area contributed by atoms with E-state index in [1.165, 1.54) is 4.90 Å². The summed E-state index contributed by atoms with van der Waals surface area (Å²) in [6.45, 7) is 4.20. The first-order valence-electron chi connectivity index (χ1n) is 11.9. The van der Waals surface area contributed by atoms with Crippen molar-refractivity contribution in [1.29, 1.82) is 0 Å². The highest BCUT2D eigenvalue weighted by atomic mass is 16.3. The number of nitrogens with one attached hydrogen (secondary N) is 1. The van der Waals surface area contributed by atoms with Crippen LogP contribution in [0, 0.1) is 0 Å². The van der Waals surface area contributed by atoms with Crippen molar-refractivity contribution in [2.45, 2.75) is 25.8 Å². The van der Waals surface area contributed by atoms with E-state index in [0.29, 0.717) is 17.2 Å². The fourth-order valence-corrected chi connectivity index (χ4v) is 4.96. The van der Waals surface area contributed by atoms with E-state index >= 15 is 0 Å². The second-order valence-electron chi connectivity index (χ2n) is 9.35. The lowest BCUT2D eigenvalue weighted by atomic mass is 9.94. The minimum atomic E-state index is -0.834. The quantitative estimate of drug-likeness (QED) is 0.273. The number of rotatable bonds is 5. The zero-order chi connectivity index (χ0) is 25.0. The summed E-state index contributed by atoms with van der Waals surface area (Å²) < 4.78 is 5.83. The monoisotopic (exact) mass is 476 g/mol. The molecule has 0 bridgehead atoms. The molecule has 0 saturated heterocycles. The molecular formula is C30H24N2O4. The molecule has 2 aromatic heterocycles. The van der Waals surface area contributed by atoms with Crippen molar-refractivity contribution in [2.24, 2.45) is 0 Å². The Morgan fingerprint density at radius 3 is 2.47 bits per heavy atom. The Labute approximate surface area is 207 Å². The molecule has 5 aromatic rings. The van der Waals surface area contributed by atoms with Gasteiger partial charge >= 0.3 is 0 Å². The first-order valence-corrected chi connectivity index (χ1v) is 11.9. The largest absolute Gasteiger partial charge is 0.503 e. The van der Waals surface area contributed by atoms with E-state index in [2.05, 4.69) is 18.8 Å². The van der Waals surface area contributed by atoms with Crippen molar-refractivity contribution < 1.29 is 19.1 Å². The zero-order valence-corrected chi connectivity index (χ0v) is 19.9. The van der Waals surface area contributed by atoms with Gasteiger partial charge in [0.05, 0.1) is 11.6 Å². The smallest absolute Gasteiger partial charge is 0.294 e. The summed E-state index contributed by atoms with van der Waals surface area (Å²) in [5, 5.41) is 12.7. The number of aliphatic hydroxyl groups is 1. The van der Waals surface area contributed by atoms with Crippen LogP contribution in [-0.4, -0.2) is 21.8 Å². The molecule has 6 nitrogen and oxygen atoms in total. The average molecular weight is 477 g/mol. The molecule has 1 unspecified atom stereocenters. The number of benzene rings is 3. The molecule has 6 heteroatoms. The number of aromatic amines is 1. The number of aromatic nitrogens is 1. The van der Waals surface area contributed by atoms with E-state index in [1.807, 2.05) is 66.7 Å². The molecule has 1 aliphatic heterocycles. The Balaban J connectivity index is 1.53. The van der Waals surface area contributed by atoms with Gasteiger partial charge in [0.25, 0.3) is 5.91 Å². The highest BCUT2D eigenvalue weighted by Crippen LogP contribution is 2.44. The molecule has 1 aliphatic rings. The molecule has 0 aliphatic carbocycles. The Morgan fingerprint density at radius 1 is 1.00 bits per heavy atom. The number of hydrogen-bond acceptors (Lipinski definition) is 4. The number of carbonyl (C=O) groups excluding carboxylic acids is 2. The number of carbonyl (C=O) groups is 2. The van der Waals surface area contributed by atoms with Crippen molar-refractivity contribution in [3.63, 3.8) is 0 Å². The van der Waals surface area contributed by atoms with Crippen LogP contribution in [0.5, 0.6) is 0 Å². The van der Waals surface area contributed by atoms with Gasteiger partial charge in [-0.05, 0) is 41.8 Å². The molecule has 2 N–H and O–H groups in total. The molecule has 36 heavy (non-hydrogen) atoms. The molecular weight excluding hydrogens is 452 g/mol. The maximum atomic E-state index is 13.8. The van der Waals surface area contributed by atoms with Gasteiger partial charge in [-0.15, -0.1) is 0 Å². The van der Waals surface area contributed by atoms with Crippen LogP contribution in [0.1, 0.15) is 47.5 Å². The van der Waals surface area contributed by atoms with E-state index in [1.54, 1.807) is 18.3 Å². The lowest BCUT2D eigenvalue weighted by Gasteiger charge is -2.26. The lowest BCUT2D eigenvalue weighted by molar-refractivity contribution is -0.117. The van der Waals surface area contributed by atoms with Gasteiger partial charge in [-0.1, -0.05) is 62.4 Å². The highest BCUT2D eigenvalue weighted by Gasteiger charge is 2.46. The zero-order valence-electron chi connectivity index (χ0n) is 19.9. The molecule has 1 amide bonds. The Kier molecular flexibility index (Phi) is 5.04. The third kappa shape index (κ3) is 3.33.